The smallest absolute Gasteiger partial charge is 0.309 e. The molecular weight excluding hydrogens is 515 g/mol. The molecule has 34 heavy (non-hydrogen) atoms. The van der Waals surface area contributed by atoms with Crippen LogP contribution in [0.15, 0.2) is 34.8 Å². The molecule has 1 N–H and O–H groups in total. The quantitative estimate of drug-likeness (QED) is 0.367. The van der Waals surface area contributed by atoms with Crippen molar-refractivity contribution in [3.63, 3.8) is 0 Å². The zero-order chi connectivity index (χ0) is 24.6. The molecule has 4 rings (SSSR count). The van der Waals surface area contributed by atoms with E-state index in [0.29, 0.717) is 22.5 Å². The van der Waals surface area contributed by atoms with Crippen LogP contribution in [0, 0.1) is 6.92 Å². The highest BCUT2D eigenvalue weighted by atomic mass is 79.9. The summed E-state index contributed by atoms with van der Waals surface area (Å²) in [6.07, 6.45) is -4.66. The molecule has 0 aliphatic carbocycles. The van der Waals surface area contributed by atoms with Gasteiger partial charge < -0.3 is 9.47 Å². The monoisotopic (exact) mass is 537 g/mol. The number of hydrogen-bond acceptors (Lipinski definition) is 5. The van der Waals surface area contributed by atoms with E-state index in [1.165, 1.54) is 6.92 Å². The molecule has 4 aromatic rings. The number of carbonyl (C=O) groups is 1. The van der Waals surface area contributed by atoms with Gasteiger partial charge in [-0.25, -0.2) is 14.5 Å². The molecule has 8 nitrogen and oxygen atoms in total. The second kappa shape index (κ2) is 9.34. The number of likely N-dealkylation sites (N-methyl/N-ethyl adjacent to an activating group) is 1. The second-order valence-electron chi connectivity index (χ2n) is 7.74. The zero-order valence-corrected chi connectivity index (χ0v) is 20.4. The topological polar surface area (TPSA) is 80.3 Å². The Morgan fingerprint density at radius 2 is 1.88 bits per heavy atom. The van der Waals surface area contributed by atoms with Crippen molar-refractivity contribution in [2.45, 2.75) is 33.5 Å². The third kappa shape index (κ3) is 4.51. The van der Waals surface area contributed by atoms with Crippen LogP contribution >= 0.6 is 15.9 Å². The van der Waals surface area contributed by atoms with Gasteiger partial charge >= 0.3 is 6.18 Å². The summed E-state index contributed by atoms with van der Waals surface area (Å²) in [7, 11) is 0. The number of rotatable bonds is 7. The summed E-state index contributed by atoms with van der Waals surface area (Å²) in [5.74, 6) is -0.398. The van der Waals surface area contributed by atoms with E-state index < -0.39 is 17.8 Å². The van der Waals surface area contributed by atoms with Gasteiger partial charge in [-0.1, -0.05) is 26.0 Å². The maximum absolute atomic E-state index is 13.5. The molecule has 0 unspecified atom stereocenters. The Morgan fingerprint density at radius 3 is 2.56 bits per heavy atom. The van der Waals surface area contributed by atoms with Gasteiger partial charge in [-0.05, 0) is 54.1 Å². The Bertz CT molecular complexity index is 1360. The van der Waals surface area contributed by atoms with Gasteiger partial charge in [-0.2, -0.15) is 18.3 Å². The predicted molar refractivity (Wildman–Crippen MR) is 126 cm³/mol. The number of para-hydroxylation sites is 2. The van der Waals surface area contributed by atoms with Crippen LogP contribution in [0.25, 0.3) is 16.7 Å². The highest BCUT2D eigenvalue weighted by molar-refractivity contribution is 9.10. The molecule has 0 aliphatic rings. The maximum Gasteiger partial charge on any atom is 0.433 e. The van der Waals surface area contributed by atoms with Gasteiger partial charge in [0, 0.05) is 18.8 Å². The van der Waals surface area contributed by atoms with Gasteiger partial charge in [-0.15, -0.1) is 0 Å². The van der Waals surface area contributed by atoms with Crippen molar-refractivity contribution in [2.75, 3.05) is 25.0 Å². The van der Waals surface area contributed by atoms with Crippen molar-refractivity contribution in [3.8, 4) is 0 Å². The fourth-order valence-electron chi connectivity index (χ4n) is 3.80. The van der Waals surface area contributed by atoms with Crippen molar-refractivity contribution in [1.82, 2.24) is 29.0 Å². The van der Waals surface area contributed by atoms with E-state index in [1.807, 2.05) is 28.8 Å². The number of carbonyl (C=O) groups excluding carboxylic acids is 1. The minimum Gasteiger partial charge on any atom is -0.309 e. The highest BCUT2D eigenvalue weighted by Gasteiger charge is 2.36. The third-order valence-electron chi connectivity index (χ3n) is 5.58. The molecule has 0 bridgehead atoms. The molecule has 0 atom stereocenters. The first-order valence-electron chi connectivity index (χ1n) is 10.8. The minimum absolute atomic E-state index is 0.0741. The van der Waals surface area contributed by atoms with Crippen LogP contribution in [0.4, 0.5) is 19.1 Å². The number of benzene rings is 1. The summed E-state index contributed by atoms with van der Waals surface area (Å²) >= 11 is 3.21. The number of imidazole rings is 1. The molecule has 0 saturated heterocycles. The lowest BCUT2D eigenvalue weighted by Gasteiger charge is -2.19. The van der Waals surface area contributed by atoms with E-state index in [1.54, 1.807) is 0 Å². The molecular formula is C22H23BrF3N7O. The predicted octanol–water partition coefficient (Wildman–Crippen LogP) is 4.76. The number of alkyl halides is 3. The fraction of sp³-hybridized carbons (Fsp3) is 0.364. The number of nitrogens with one attached hydrogen (secondary N) is 1. The lowest BCUT2D eigenvalue weighted by molar-refractivity contribution is -0.142. The first kappa shape index (κ1) is 24.1. The molecule has 0 spiro atoms. The Kier molecular flexibility index (Phi) is 6.63. The number of amides is 1. The number of aromatic nitrogens is 5. The molecule has 0 saturated carbocycles. The number of hydrogen-bond donors (Lipinski definition) is 1. The van der Waals surface area contributed by atoms with Crippen LogP contribution < -0.4 is 5.32 Å². The Labute approximate surface area is 201 Å². The van der Waals surface area contributed by atoms with E-state index >= 15 is 0 Å². The first-order valence-corrected chi connectivity index (χ1v) is 11.5. The molecule has 1 amide bonds. The number of aryl methyl sites for hydroxylation is 1. The van der Waals surface area contributed by atoms with Crippen LogP contribution in [0.1, 0.15) is 35.7 Å². The summed E-state index contributed by atoms with van der Waals surface area (Å²) < 4.78 is 43.2. The third-order valence-corrected chi connectivity index (χ3v) is 6.31. The number of fused-ring (bicyclic) bond motifs is 2. The average Bonchev–Trinajstić information content (AvgIpc) is 3.30. The van der Waals surface area contributed by atoms with Crippen molar-refractivity contribution in [3.05, 3.63) is 51.9 Å². The highest BCUT2D eigenvalue weighted by Crippen LogP contribution is 2.32. The van der Waals surface area contributed by atoms with Crippen molar-refractivity contribution in [1.29, 1.82) is 0 Å². The summed E-state index contributed by atoms with van der Waals surface area (Å²) in [4.78, 5) is 24.0. The molecule has 180 valence electrons. The molecule has 0 radical (unpaired) electrons. The lowest BCUT2D eigenvalue weighted by Crippen LogP contribution is -2.27. The van der Waals surface area contributed by atoms with E-state index in [9.17, 15) is 18.0 Å². The molecule has 0 fully saturated rings. The standard InChI is InChI=1S/C22H23BrF3N7O/c1-4-31(5-2)10-11-32-15-9-7-6-8-14(15)28-21(32)29-20(34)18-17(23)19-27-13(3)12-16(22(24,25)26)33(19)30-18/h6-9,12H,4-5,10-11H2,1-3H3,(H,28,29,34). The van der Waals surface area contributed by atoms with Crippen molar-refractivity contribution >= 4 is 44.5 Å². The van der Waals surface area contributed by atoms with Crippen LogP contribution in [-0.4, -0.2) is 54.6 Å². The number of halogens is 4. The van der Waals surface area contributed by atoms with Gasteiger partial charge in [0.1, 0.15) is 5.69 Å². The van der Waals surface area contributed by atoms with E-state index in [0.717, 1.165) is 31.2 Å². The first-order chi connectivity index (χ1) is 16.1. The van der Waals surface area contributed by atoms with Crippen LogP contribution in [0.5, 0.6) is 0 Å². The fourth-order valence-corrected chi connectivity index (χ4v) is 4.32. The molecule has 1 aromatic carbocycles. The van der Waals surface area contributed by atoms with Crippen LogP contribution in [0.3, 0.4) is 0 Å². The Balaban J connectivity index is 1.72. The molecule has 3 aromatic heterocycles. The van der Waals surface area contributed by atoms with Gasteiger partial charge in [0.2, 0.25) is 5.95 Å². The van der Waals surface area contributed by atoms with Crippen LogP contribution in [-0.2, 0) is 12.7 Å². The van der Waals surface area contributed by atoms with Crippen LogP contribution in [0.2, 0.25) is 0 Å². The average molecular weight is 538 g/mol. The summed E-state index contributed by atoms with van der Waals surface area (Å²) in [5.41, 5.74) is 0.379. The van der Waals surface area contributed by atoms with Gasteiger partial charge in [0.05, 0.1) is 15.5 Å². The largest absolute Gasteiger partial charge is 0.433 e. The Hall–Kier alpha value is -2.99. The lowest BCUT2D eigenvalue weighted by atomic mass is 10.3. The molecule has 3 heterocycles. The van der Waals surface area contributed by atoms with Gasteiger partial charge in [0.25, 0.3) is 5.91 Å². The van der Waals surface area contributed by atoms with Crippen molar-refractivity contribution < 1.29 is 18.0 Å². The maximum atomic E-state index is 13.5. The SMILES string of the molecule is CCN(CC)CCn1c(NC(=O)c2nn3c(C(F)(F)F)cc(C)nc3c2Br)nc2ccccc21. The second-order valence-corrected chi connectivity index (χ2v) is 8.53. The summed E-state index contributed by atoms with van der Waals surface area (Å²) in [5, 5.41) is 6.66. The molecule has 0 aliphatic heterocycles. The minimum atomic E-state index is -4.66. The van der Waals surface area contributed by atoms with Gasteiger partial charge in [0.15, 0.2) is 11.3 Å². The van der Waals surface area contributed by atoms with Gasteiger partial charge in [-0.3, -0.25) is 10.1 Å². The van der Waals surface area contributed by atoms with E-state index in [2.05, 4.69) is 55.1 Å². The summed E-state index contributed by atoms with van der Waals surface area (Å²) in [6, 6.07) is 8.36. The summed E-state index contributed by atoms with van der Waals surface area (Å²) in [6.45, 7) is 8.68. The van der Waals surface area contributed by atoms with E-state index in [-0.39, 0.29) is 21.5 Å². The molecule has 12 heteroatoms. The zero-order valence-electron chi connectivity index (χ0n) is 18.8. The number of nitrogens with zero attached hydrogens (tertiary/aromatic N) is 6. The Morgan fingerprint density at radius 1 is 1.18 bits per heavy atom. The normalized spacial score (nSPS) is 12.2. The van der Waals surface area contributed by atoms with Crippen molar-refractivity contribution in [2.24, 2.45) is 0 Å². The van der Waals surface area contributed by atoms with E-state index in [4.69, 9.17) is 0 Å². The number of anilines is 1.